The molecule has 0 spiro atoms. The van der Waals surface area contributed by atoms with E-state index in [9.17, 15) is 0 Å². The van der Waals surface area contributed by atoms with Crippen molar-refractivity contribution >= 4 is 0 Å². The van der Waals surface area contributed by atoms with Gasteiger partial charge in [-0.2, -0.15) is 0 Å². The second kappa shape index (κ2) is 5.75. The molecule has 14 heavy (non-hydrogen) atoms. The van der Waals surface area contributed by atoms with Crippen molar-refractivity contribution in [3.63, 3.8) is 0 Å². The highest BCUT2D eigenvalue weighted by molar-refractivity contribution is 4.73. The molecule has 0 radical (unpaired) electrons. The number of hydrogen-bond donors (Lipinski definition) is 1. The van der Waals surface area contributed by atoms with Crippen LogP contribution in [0.4, 0.5) is 0 Å². The van der Waals surface area contributed by atoms with E-state index in [2.05, 4.69) is 53.8 Å². The van der Waals surface area contributed by atoms with Crippen LogP contribution in [0.25, 0.3) is 0 Å². The maximum absolute atomic E-state index is 3.62. The minimum Gasteiger partial charge on any atom is -0.314 e. The van der Waals surface area contributed by atoms with Crippen molar-refractivity contribution < 1.29 is 0 Å². The van der Waals surface area contributed by atoms with Crippen LogP contribution >= 0.6 is 0 Å². The highest BCUT2D eigenvalue weighted by Gasteiger charge is 2.20. The lowest BCUT2D eigenvalue weighted by Crippen LogP contribution is -2.35. The summed E-state index contributed by atoms with van der Waals surface area (Å²) in [5, 5.41) is 3.62. The van der Waals surface area contributed by atoms with Crippen molar-refractivity contribution in [1.82, 2.24) is 5.32 Å². The third-order valence-electron chi connectivity index (χ3n) is 3.08. The van der Waals surface area contributed by atoms with Crippen LogP contribution in [0.3, 0.4) is 0 Å². The molecule has 0 rings (SSSR count). The summed E-state index contributed by atoms with van der Waals surface area (Å²) < 4.78 is 0. The fourth-order valence-electron chi connectivity index (χ4n) is 1.47. The summed E-state index contributed by atoms with van der Waals surface area (Å²) in [4.78, 5) is 0. The Balaban J connectivity index is 3.72. The fraction of sp³-hybridized carbons (Fsp3) is 1.00. The van der Waals surface area contributed by atoms with E-state index >= 15 is 0 Å². The van der Waals surface area contributed by atoms with Gasteiger partial charge in [0.25, 0.3) is 0 Å². The predicted molar refractivity (Wildman–Crippen MR) is 65.5 cm³/mol. The van der Waals surface area contributed by atoms with Gasteiger partial charge in [0, 0.05) is 6.04 Å². The van der Waals surface area contributed by atoms with Gasteiger partial charge in [-0.05, 0) is 37.1 Å². The molecule has 1 nitrogen and oxygen atoms in total. The van der Waals surface area contributed by atoms with Crippen molar-refractivity contribution in [2.45, 2.75) is 60.9 Å². The van der Waals surface area contributed by atoms with Gasteiger partial charge in [0.15, 0.2) is 0 Å². The first kappa shape index (κ1) is 14.0. The van der Waals surface area contributed by atoms with Crippen molar-refractivity contribution in [3.05, 3.63) is 0 Å². The van der Waals surface area contributed by atoms with E-state index in [1.54, 1.807) is 0 Å². The number of hydrogen-bond acceptors (Lipinski definition) is 1. The van der Waals surface area contributed by atoms with Gasteiger partial charge in [0.05, 0.1) is 0 Å². The summed E-state index contributed by atoms with van der Waals surface area (Å²) in [6.45, 7) is 17.3. The second-order valence-electron chi connectivity index (χ2n) is 6.21. The Hall–Kier alpha value is -0.0400. The monoisotopic (exact) mass is 199 g/mol. The molecule has 0 aromatic carbocycles. The Bertz CT molecular complexity index is 144. The molecular weight excluding hydrogens is 170 g/mol. The summed E-state index contributed by atoms with van der Waals surface area (Å²) in [6, 6.07) is 0.653. The molecule has 0 aliphatic carbocycles. The van der Waals surface area contributed by atoms with Crippen LogP contribution in [0.2, 0.25) is 0 Å². The van der Waals surface area contributed by atoms with Crippen LogP contribution in [-0.2, 0) is 0 Å². The first-order chi connectivity index (χ1) is 6.23. The molecular formula is C13H29N. The molecule has 0 saturated carbocycles. The van der Waals surface area contributed by atoms with Gasteiger partial charge < -0.3 is 5.32 Å². The fourth-order valence-corrected chi connectivity index (χ4v) is 1.47. The predicted octanol–water partition coefficient (Wildman–Crippen LogP) is 3.69. The minimum absolute atomic E-state index is 0.421. The Morgan fingerprint density at radius 2 is 1.50 bits per heavy atom. The molecule has 0 heterocycles. The second-order valence-corrected chi connectivity index (χ2v) is 6.21. The van der Waals surface area contributed by atoms with Gasteiger partial charge in [-0.1, -0.05) is 41.5 Å². The molecule has 0 aromatic rings. The average Bonchev–Trinajstić information content (AvgIpc) is 1.96. The van der Waals surface area contributed by atoms with Crippen LogP contribution in [0.5, 0.6) is 0 Å². The zero-order chi connectivity index (χ0) is 11.4. The molecule has 0 saturated heterocycles. The average molecular weight is 199 g/mol. The molecule has 1 heteroatoms. The highest BCUT2D eigenvalue weighted by atomic mass is 14.9. The maximum Gasteiger partial charge on any atom is 0.00412 e. The summed E-state index contributed by atoms with van der Waals surface area (Å²) in [6.07, 6.45) is 1.27. The third-order valence-corrected chi connectivity index (χ3v) is 3.08. The normalized spacial score (nSPS) is 17.1. The molecule has 2 unspecified atom stereocenters. The maximum atomic E-state index is 3.62. The van der Waals surface area contributed by atoms with E-state index in [1.807, 2.05) is 0 Å². The van der Waals surface area contributed by atoms with E-state index in [0.717, 1.165) is 18.4 Å². The molecule has 0 fully saturated rings. The first-order valence-electron chi connectivity index (χ1n) is 5.97. The molecule has 0 aromatic heterocycles. The third kappa shape index (κ3) is 6.42. The van der Waals surface area contributed by atoms with E-state index in [4.69, 9.17) is 0 Å². The molecule has 1 N–H and O–H groups in total. The highest BCUT2D eigenvalue weighted by Crippen LogP contribution is 2.24. The summed E-state index contributed by atoms with van der Waals surface area (Å²) in [5.41, 5.74) is 0.421. The molecule has 0 bridgehead atoms. The van der Waals surface area contributed by atoms with Gasteiger partial charge in [-0.3, -0.25) is 0 Å². The van der Waals surface area contributed by atoms with Crippen LogP contribution in [-0.4, -0.2) is 12.6 Å². The largest absolute Gasteiger partial charge is 0.314 e. The zero-order valence-electron chi connectivity index (χ0n) is 11.1. The van der Waals surface area contributed by atoms with Crippen molar-refractivity contribution in [3.8, 4) is 0 Å². The zero-order valence-corrected chi connectivity index (χ0v) is 11.1. The van der Waals surface area contributed by atoms with Gasteiger partial charge in [0.2, 0.25) is 0 Å². The quantitative estimate of drug-likeness (QED) is 0.712. The molecule has 0 amide bonds. The van der Waals surface area contributed by atoms with E-state index in [1.165, 1.54) is 6.42 Å². The molecule has 0 aliphatic heterocycles. The van der Waals surface area contributed by atoms with Crippen LogP contribution in [0.15, 0.2) is 0 Å². The molecule has 2 atom stereocenters. The lowest BCUT2D eigenvalue weighted by atomic mass is 9.82. The molecule has 86 valence electrons. The Morgan fingerprint density at radius 1 is 1.00 bits per heavy atom. The van der Waals surface area contributed by atoms with Crippen LogP contribution in [0, 0.1) is 17.3 Å². The van der Waals surface area contributed by atoms with Crippen LogP contribution in [0.1, 0.15) is 54.9 Å². The summed E-state index contributed by atoms with van der Waals surface area (Å²) in [5.74, 6) is 1.53. The lowest BCUT2D eigenvalue weighted by molar-refractivity contribution is 0.243. The summed E-state index contributed by atoms with van der Waals surface area (Å²) in [7, 11) is 0. The standard InChI is InChI=1S/C13H29N/c1-10(2)8-12(4)14-9-11(3)13(5,6)7/h10-12,14H,8-9H2,1-7H3. The topological polar surface area (TPSA) is 12.0 Å². The van der Waals surface area contributed by atoms with Gasteiger partial charge in [-0.25, -0.2) is 0 Å². The number of rotatable bonds is 5. The van der Waals surface area contributed by atoms with Crippen molar-refractivity contribution in [2.24, 2.45) is 17.3 Å². The van der Waals surface area contributed by atoms with Gasteiger partial charge in [-0.15, -0.1) is 0 Å². The van der Waals surface area contributed by atoms with Crippen LogP contribution < -0.4 is 5.32 Å². The first-order valence-corrected chi connectivity index (χ1v) is 5.97. The van der Waals surface area contributed by atoms with E-state index < -0.39 is 0 Å². The van der Waals surface area contributed by atoms with Crippen molar-refractivity contribution in [1.29, 1.82) is 0 Å². The van der Waals surface area contributed by atoms with E-state index in [-0.39, 0.29) is 0 Å². The van der Waals surface area contributed by atoms with Gasteiger partial charge in [0.1, 0.15) is 0 Å². The lowest BCUT2D eigenvalue weighted by Gasteiger charge is -2.29. The minimum atomic E-state index is 0.421. The Kier molecular flexibility index (Phi) is 5.73. The number of nitrogens with one attached hydrogen (secondary N) is 1. The molecule has 0 aliphatic rings. The Labute approximate surface area is 90.7 Å². The smallest absolute Gasteiger partial charge is 0.00412 e. The van der Waals surface area contributed by atoms with Crippen molar-refractivity contribution in [2.75, 3.05) is 6.54 Å². The van der Waals surface area contributed by atoms with E-state index in [0.29, 0.717) is 11.5 Å². The summed E-state index contributed by atoms with van der Waals surface area (Å²) >= 11 is 0. The Morgan fingerprint density at radius 3 is 1.86 bits per heavy atom. The SMILES string of the molecule is CC(C)CC(C)NCC(C)C(C)(C)C. The van der Waals surface area contributed by atoms with Gasteiger partial charge >= 0.3 is 0 Å².